The molecule has 2 aromatic heterocycles. The van der Waals surface area contributed by atoms with Crippen LogP contribution in [0.2, 0.25) is 0 Å². The smallest absolute Gasteiger partial charge is 0.271 e. The second-order valence-electron chi connectivity index (χ2n) is 6.06. The number of amides is 1. The molecule has 0 aliphatic heterocycles. The lowest BCUT2D eigenvalue weighted by atomic mass is 10.1. The lowest BCUT2D eigenvalue weighted by molar-refractivity contribution is 0.0945. The zero-order chi connectivity index (χ0) is 18.8. The number of nitrogens with zero attached hydrogens (tertiary/aromatic N) is 2. The van der Waals surface area contributed by atoms with E-state index in [1.807, 2.05) is 36.4 Å². The first kappa shape index (κ1) is 17.1. The zero-order valence-corrected chi connectivity index (χ0v) is 15.3. The number of Topliss-reactive ketones (excluding diaryl/α,β-unsaturated/α-hetero) is 1. The molecule has 0 spiro atoms. The van der Waals surface area contributed by atoms with Gasteiger partial charge in [0, 0.05) is 16.5 Å². The molecule has 2 N–H and O–H groups in total. The highest BCUT2D eigenvalue weighted by molar-refractivity contribution is 7.13. The molecule has 4 rings (SSSR count). The van der Waals surface area contributed by atoms with Crippen molar-refractivity contribution in [2.45, 2.75) is 13.5 Å². The van der Waals surface area contributed by atoms with Gasteiger partial charge in [0.25, 0.3) is 5.91 Å². The number of benzene rings is 2. The number of hydrogen-bond acceptors (Lipinski definition) is 5. The van der Waals surface area contributed by atoms with Crippen molar-refractivity contribution in [1.82, 2.24) is 20.3 Å². The number of para-hydroxylation sites is 2. The molecule has 0 saturated heterocycles. The summed E-state index contributed by atoms with van der Waals surface area (Å²) in [6.07, 6.45) is 0. The number of rotatable bonds is 5. The summed E-state index contributed by atoms with van der Waals surface area (Å²) in [6.45, 7) is 1.82. The molecule has 0 bridgehead atoms. The van der Waals surface area contributed by atoms with Crippen molar-refractivity contribution < 1.29 is 9.59 Å². The van der Waals surface area contributed by atoms with Crippen LogP contribution in [0.5, 0.6) is 0 Å². The van der Waals surface area contributed by atoms with Gasteiger partial charge in [-0.15, -0.1) is 11.3 Å². The van der Waals surface area contributed by atoms with Crippen LogP contribution in [-0.4, -0.2) is 26.6 Å². The topological polar surface area (TPSA) is 87.7 Å². The molecule has 1 amide bonds. The van der Waals surface area contributed by atoms with E-state index >= 15 is 0 Å². The van der Waals surface area contributed by atoms with Crippen molar-refractivity contribution in [3.05, 3.63) is 71.0 Å². The number of ketones is 1. The van der Waals surface area contributed by atoms with Gasteiger partial charge in [-0.2, -0.15) is 0 Å². The molecule has 0 atom stereocenters. The van der Waals surface area contributed by atoms with Crippen LogP contribution in [0.4, 0.5) is 0 Å². The fraction of sp³-hybridized carbons (Fsp3) is 0.100. The zero-order valence-electron chi connectivity index (χ0n) is 14.5. The van der Waals surface area contributed by atoms with E-state index in [1.165, 1.54) is 18.3 Å². The van der Waals surface area contributed by atoms with Gasteiger partial charge in [-0.05, 0) is 25.1 Å². The Labute approximate surface area is 159 Å². The van der Waals surface area contributed by atoms with Crippen molar-refractivity contribution in [2.24, 2.45) is 0 Å². The van der Waals surface area contributed by atoms with Crippen LogP contribution in [0.3, 0.4) is 0 Å². The number of H-pyrrole nitrogens is 1. The van der Waals surface area contributed by atoms with Gasteiger partial charge < -0.3 is 10.3 Å². The maximum Gasteiger partial charge on any atom is 0.271 e. The van der Waals surface area contributed by atoms with E-state index in [0.29, 0.717) is 28.6 Å². The normalized spacial score (nSPS) is 10.9. The highest BCUT2D eigenvalue weighted by Gasteiger charge is 2.13. The van der Waals surface area contributed by atoms with Gasteiger partial charge in [-0.3, -0.25) is 9.59 Å². The van der Waals surface area contributed by atoms with Crippen molar-refractivity contribution >= 4 is 34.1 Å². The number of nitrogens with one attached hydrogen (secondary N) is 2. The fourth-order valence-corrected chi connectivity index (χ4v) is 3.52. The van der Waals surface area contributed by atoms with Crippen molar-refractivity contribution in [3.8, 4) is 10.6 Å². The molecule has 0 fully saturated rings. The summed E-state index contributed by atoms with van der Waals surface area (Å²) < 4.78 is 0. The molecule has 0 unspecified atom stereocenters. The Kier molecular flexibility index (Phi) is 4.52. The van der Waals surface area contributed by atoms with Gasteiger partial charge in [-0.1, -0.05) is 30.3 Å². The predicted octanol–water partition coefficient (Wildman–Crippen LogP) is 3.82. The van der Waals surface area contributed by atoms with Crippen LogP contribution in [0, 0.1) is 0 Å². The third kappa shape index (κ3) is 3.63. The Balaban J connectivity index is 1.47. The Hall–Kier alpha value is -3.32. The minimum absolute atomic E-state index is 0.00259. The number of hydrogen-bond donors (Lipinski definition) is 2. The van der Waals surface area contributed by atoms with Crippen molar-refractivity contribution in [1.29, 1.82) is 0 Å². The molecule has 7 heteroatoms. The third-order valence-electron chi connectivity index (χ3n) is 4.11. The first-order valence-electron chi connectivity index (χ1n) is 8.39. The summed E-state index contributed by atoms with van der Waals surface area (Å²) in [4.78, 5) is 35.9. The summed E-state index contributed by atoms with van der Waals surface area (Å²) >= 11 is 1.37. The third-order valence-corrected chi connectivity index (χ3v) is 5.00. The Bertz CT molecular complexity index is 1110. The fourth-order valence-electron chi connectivity index (χ4n) is 2.73. The largest absolute Gasteiger partial charge is 0.343 e. The number of fused-ring (bicyclic) bond motifs is 1. The standard InChI is InChI=1S/C20H16N4O2S/c1-12(25)13-5-4-6-14(9-13)20-24-17(11-27-20)19(26)21-10-18-22-15-7-2-3-8-16(15)23-18/h2-9,11H,10H2,1H3,(H,21,26)(H,22,23). The second-order valence-corrected chi connectivity index (χ2v) is 6.92. The Morgan fingerprint density at radius 3 is 2.78 bits per heavy atom. The molecule has 0 aliphatic rings. The van der Waals surface area contributed by atoms with Gasteiger partial charge in [0.15, 0.2) is 5.78 Å². The van der Waals surface area contributed by atoms with Crippen molar-refractivity contribution in [3.63, 3.8) is 0 Å². The second kappa shape index (κ2) is 7.13. The highest BCUT2D eigenvalue weighted by Crippen LogP contribution is 2.24. The summed E-state index contributed by atoms with van der Waals surface area (Å²) in [6, 6.07) is 15.0. The van der Waals surface area contributed by atoms with Gasteiger partial charge >= 0.3 is 0 Å². The molecule has 4 aromatic rings. The van der Waals surface area contributed by atoms with Crippen LogP contribution < -0.4 is 5.32 Å². The lowest BCUT2D eigenvalue weighted by Crippen LogP contribution is -2.23. The first-order chi connectivity index (χ1) is 13.1. The van der Waals surface area contributed by atoms with Crippen LogP contribution >= 0.6 is 11.3 Å². The Morgan fingerprint density at radius 1 is 1.11 bits per heavy atom. The number of thiazole rings is 1. The minimum Gasteiger partial charge on any atom is -0.343 e. The number of aromatic nitrogens is 3. The maximum absolute atomic E-state index is 12.4. The molecule has 2 aromatic carbocycles. The summed E-state index contributed by atoms with van der Waals surface area (Å²) in [5.41, 5.74) is 3.59. The predicted molar refractivity (Wildman–Crippen MR) is 105 cm³/mol. The molecule has 0 aliphatic carbocycles. The minimum atomic E-state index is -0.263. The molecule has 2 heterocycles. The summed E-state index contributed by atoms with van der Waals surface area (Å²) in [5.74, 6) is 0.423. The average Bonchev–Trinajstić information content (AvgIpc) is 3.33. The first-order valence-corrected chi connectivity index (χ1v) is 9.27. The molecule has 0 saturated carbocycles. The molecular formula is C20H16N4O2S. The van der Waals surface area contributed by atoms with E-state index in [4.69, 9.17) is 0 Å². The summed E-state index contributed by atoms with van der Waals surface area (Å²) in [5, 5.41) is 5.24. The molecule has 6 nitrogen and oxygen atoms in total. The number of carbonyl (C=O) groups excluding carboxylic acids is 2. The quantitative estimate of drug-likeness (QED) is 0.518. The van der Waals surface area contributed by atoms with E-state index < -0.39 is 0 Å². The monoisotopic (exact) mass is 376 g/mol. The molecule has 134 valence electrons. The highest BCUT2D eigenvalue weighted by atomic mass is 32.1. The van der Waals surface area contributed by atoms with E-state index in [1.54, 1.807) is 17.5 Å². The SMILES string of the molecule is CC(=O)c1cccc(-c2nc(C(=O)NCc3nc4ccccc4[nH]3)cs2)c1. The van der Waals surface area contributed by atoms with Crippen LogP contribution in [0.25, 0.3) is 21.6 Å². The van der Waals surface area contributed by atoms with E-state index in [9.17, 15) is 9.59 Å². The average molecular weight is 376 g/mol. The molecule has 27 heavy (non-hydrogen) atoms. The van der Waals surface area contributed by atoms with Gasteiger partial charge in [0.1, 0.15) is 16.5 Å². The van der Waals surface area contributed by atoms with Crippen molar-refractivity contribution in [2.75, 3.05) is 0 Å². The molecular weight excluding hydrogens is 360 g/mol. The van der Waals surface area contributed by atoms with Crippen LogP contribution in [-0.2, 0) is 6.54 Å². The lowest BCUT2D eigenvalue weighted by Gasteiger charge is -2.01. The molecule has 0 radical (unpaired) electrons. The number of carbonyl (C=O) groups is 2. The van der Waals surface area contributed by atoms with Gasteiger partial charge in [0.2, 0.25) is 0 Å². The Morgan fingerprint density at radius 2 is 1.96 bits per heavy atom. The van der Waals surface area contributed by atoms with Gasteiger partial charge in [-0.25, -0.2) is 9.97 Å². The van der Waals surface area contributed by atoms with Gasteiger partial charge in [0.05, 0.1) is 17.6 Å². The maximum atomic E-state index is 12.4. The number of imidazole rings is 1. The van der Waals surface area contributed by atoms with Crippen LogP contribution in [0.1, 0.15) is 33.6 Å². The van der Waals surface area contributed by atoms with E-state index in [-0.39, 0.29) is 11.7 Å². The summed E-state index contributed by atoms with van der Waals surface area (Å²) in [7, 11) is 0. The van der Waals surface area contributed by atoms with Crippen LogP contribution in [0.15, 0.2) is 53.9 Å². The number of aromatic amines is 1. The van der Waals surface area contributed by atoms with E-state index in [0.717, 1.165) is 16.6 Å². The van der Waals surface area contributed by atoms with E-state index in [2.05, 4.69) is 20.3 Å².